The second-order valence-electron chi connectivity index (χ2n) is 15.6. The molecule has 1 saturated heterocycles. The van der Waals surface area contributed by atoms with Gasteiger partial charge in [0.25, 0.3) is 0 Å². The Bertz CT molecular complexity index is 1430. The van der Waals surface area contributed by atoms with E-state index in [0.717, 1.165) is 17.8 Å². The highest BCUT2D eigenvalue weighted by Crippen LogP contribution is 2.68. The van der Waals surface area contributed by atoms with Crippen LogP contribution in [0, 0.1) is 11.7 Å². The van der Waals surface area contributed by atoms with Gasteiger partial charge in [0.05, 0.1) is 16.7 Å². The third-order valence-corrected chi connectivity index (χ3v) is 14.7. The number of thioether (sulfide) groups is 1. The average molecular weight is 671 g/mol. The van der Waals surface area contributed by atoms with E-state index >= 15 is 4.39 Å². The fourth-order valence-corrected chi connectivity index (χ4v) is 9.57. The smallest absolute Gasteiger partial charge is 0.443 e. The molecule has 1 amide bonds. The van der Waals surface area contributed by atoms with E-state index in [2.05, 4.69) is 19.6 Å². The molecular weight excluding hydrogens is 622 g/mol. The standard InChI is InChI=1S/C30H48BFN2O7S2Si/c1-26(2,3)39-25(35)34(19-38-15-16-44(10,11)12)24-33-29(8,23-18-30(23,42-24)43(9,36)37)21-17-20(13-14-22(21)32)31-40-27(4,5)28(6,7)41-31/h13-14,17,23H,15-16,18-19H2,1-12H3/t23-,29+,30+/m0/s1. The van der Waals surface area contributed by atoms with E-state index in [1.54, 1.807) is 39.8 Å². The number of amidine groups is 1. The number of carbonyl (C=O) groups excluding carboxylic acids is 1. The lowest BCUT2D eigenvalue weighted by atomic mass is 9.75. The molecule has 0 unspecified atom stereocenters. The SMILES string of the molecule is CC(C)(C)OC(=O)N(COCC[Si](C)(C)C)C1=N[C@](C)(c2cc(B3OC(C)(C)C(C)(C)O3)ccc2F)[C@@H]2C[C@]2(S(C)(=O)=O)S1. The summed E-state index contributed by atoms with van der Waals surface area (Å²) >= 11 is 1.02. The maximum atomic E-state index is 15.8. The van der Waals surface area contributed by atoms with Crippen LogP contribution >= 0.6 is 11.8 Å². The minimum atomic E-state index is -3.68. The van der Waals surface area contributed by atoms with Crippen molar-refractivity contribution < 1.29 is 36.4 Å². The molecule has 3 atom stereocenters. The minimum Gasteiger partial charge on any atom is -0.443 e. The number of sulfone groups is 1. The predicted octanol–water partition coefficient (Wildman–Crippen LogP) is 5.75. The number of hydrogen-bond donors (Lipinski definition) is 0. The van der Waals surface area contributed by atoms with Crippen LogP contribution in [0.5, 0.6) is 0 Å². The summed E-state index contributed by atoms with van der Waals surface area (Å²) in [5, 5.41) is 0.120. The fourth-order valence-electron chi connectivity index (χ4n) is 5.36. The van der Waals surface area contributed by atoms with Crippen LogP contribution in [0.25, 0.3) is 0 Å². The summed E-state index contributed by atoms with van der Waals surface area (Å²) < 4.78 is 65.4. The Balaban J connectivity index is 1.79. The van der Waals surface area contributed by atoms with Crippen LogP contribution in [0.1, 0.15) is 67.4 Å². The van der Waals surface area contributed by atoms with Crippen LogP contribution in [-0.2, 0) is 34.2 Å². The molecular formula is C30H48BFN2O7S2Si. The summed E-state index contributed by atoms with van der Waals surface area (Å²) in [5.41, 5.74) is -2.55. The molecule has 0 radical (unpaired) electrons. The highest BCUT2D eigenvalue weighted by atomic mass is 32.3. The van der Waals surface area contributed by atoms with Crippen LogP contribution in [-0.4, -0.2) is 80.2 Å². The lowest BCUT2D eigenvalue weighted by Crippen LogP contribution is -2.47. The van der Waals surface area contributed by atoms with Crippen molar-refractivity contribution in [3.63, 3.8) is 0 Å². The number of fused-ring (bicyclic) bond motifs is 1. The Kier molecular flexibility index (Phi) is 9.14. The van der Waals surface area contributed by atoms with Crippen molar-refractivity contribution in [2.24, 2.45) is 10.9 Å². The van der Waals surface area contributed by atoms with E-state index in [1.165, 1.54) is 17.2 Å². The van der Waals surface area contributed by atoms with E-state index in [9.17, 15) is 13.2 Å². The van der Waals surface area contributed by atoms with Gasteiger partial charge in [0.15, 0.2) is 15.0 Å². The largest absolute Gasteiger partial charge is 0.494 e. The maximum Gasteiger partial charge on any atom is 0.494 e. The summed E-state index contributed by atoms with van der Waals surface area (Å²) in [7, 11) is -5.84. The molecule has 246 valence electrons. The second kappa shape index (κ2) is 11.4. The van der Waals surface area contributed by atoms with E-state index in [1.807, 2.05) is 27.7 Å². The monoisotopic (exact) mass is 670 g/mol. The van der Waals surface area contributed by atoms with Crippen molar-refractivity contribution in [2.45, 2.75) is 114 Å². The Morgan fingerprint density at radius 1 is 1.16 bits per heavy atom. The van der Waals surface area contributed by atoms with E-state index in [-0.39, 0.29) is 23.9 Å². The molecule has 2 fully saturated rings. The number of nitrogens with zero attached hydrogens (tertiary/aromatic N) is 2. The lowest BCUT2D eigenvalue weighted by Gasteiger charge is -2.37. The molecule has 1 aromatic rings. The molecule has 44 heavy (non-hydrogen) atoms. The zero-order chi connectivity index (χ0) is 33.3. The third-order valence-electron chi connectivity index (χ3n) is 8.88. The van der Waals surface area contributed by atoms with Gasteiger partial charge in [-0.3, -0.25) is 4.99 Å². The summed E-state index contributed by atoms with van der Waals surface area (Å²) in [6, 6.07) is 5.48. The maximum absolute atomic E-state index is 15.8. The van der Waals surface area contributed by atoms with Crippen LogP contribution in [0.15, 0.2) is 23.2 Å². The third kappa shape index (κ3) is 6.95. The summed E-state index contributed by atoms with van der Waals surface area (Å²) in [6.07, 6.45) is 0.718. The van der Waals surface area contributed by atoms with Gasteiger partial charge in [0.2, 0.25) is 0 Å². The number of halogens is 1. The molecule has 9 nitrogen and oxygen atoms in total. The van der Waals surface area contributed by atoms with Crippen molar-refractivity contribution in [3.05, 3.63) is 29.6 Å². The quantitative estimate of drug-likeness (QED) is 0.196. The molecule has 0 bridgehead atoms. The number of aliphatic imine (C=N–C) groups is 1. The highest BCUT2D eigenvalue weighted by molar-refractivity contribution is 8.24. The van der Waals surface area contributed by atoms with Crippen molar-refractivity contribution >= 4 is 53.5 Å². The second-order valence-corrected chi connectivity index (χ2v) is 25.0. The molecule has 0 N–H and O–H groups in total. The number of ether oxygens (including phenoxy) is 2. The predicted molar refractivity (Wildman–Crippen MR) is 177 cm³/mol. The van der Waals surface area contributed by atoms with Gasteiger partial charge in [-0.25, -0.2) is 22.5 Å². The van der Waals surface area contributed by atoms with Gasteiger partial charge in [0.1, 0.15) is 22.2 Å². The molecule has 0 spiro atoms. The Hall–Kier alpha value is -1.45. The van der Waals surface area contributed by atoms with Gasteiger partial charge in [-0.2, -0.15) is 0 Å². The molecule has 2 aliphatic heterocycles. The molecule has 2 heterocycles. The van der Waals surface area contributed by atoms with E-state index in [4.69, 9.17) is 23.8 Å². The molecule has 14 heteroatoms. The molecule has 1 aromatic carbocycles. The summed E-state index contributed by atoms with van der Waals surface area (Å²) in [5.74, 6) is -1.07. The normalized spacial score (nSPS) is 27.9. The molecule has 1 aliphatic carbocycles. The lowest BCUT2D eigenvalue weighted by molar-refractivity contribution is 0.00578. The van der Waals surface area contributed by atoms with Crippen LogP contribution in [0.2, 0.25) is 25.7 Å². The van der Waals surface area contributed by atoms with Gasteiger partial charge < -0.3 is 18.8 Å². The van der Waals surface area contributed by atoms with E-state index < -0.39 is 69.3 Å². The van der Waals surface area contributed by atoms with Crippen LogP contribution in [0.4, 0.5) is 9.18 Å². The molecule has 4 rings (SSSR count). The van der Waals surface area contributed by atoms with Crippen molar-refractivity contribution in [2.75, 3.05) is 19.6 Å². The Morgan fingerprint density at radius 2 is 1.75 bits per heavy atom. The first-order chi connectivity index (χ1) is 19.8. The number of carbonyl (C=O) groups is 1. The summed E-state index contributed by atoms with van der Waals surface area (Å²) in [6.45, 7) is 21.7. The Labute approximate surface area is 268 Å². The molecule has 0 aromatic heterocycles. The number of rotatable bonds is 8. The van der Waals surface area contributed by atoms with E-state index in [0.29, 0.717) is 12.1 Å². The van der Waals surface area contributed by atoms with Crippen molar-refractivity contribution in [1.29, 1.82) is 0 Å². The average Bonchev–Trinajstić information content (AvgIpc) is 3.54. The minimum absolute atomic E-state index is 0.120. The highest BCUT2D eigenvalue weighted by Gasteiger charge is 2.73. The number of hydrogen-bond acceptors (Lipinski definition) is 9. The number of amides is 1. The first-order valence-corrected chi connectivity index (χ1v) is 21.5. The van der Waals surface area contributed by atoms with Crippen LogP contribution in [0.3, 0.4) is 0 Å². The van der Waals surface area contributed by atoms with Crippen LogP contribution < -0.4 is 5.46 Å². The van der Waals surface area contributed by atoms with Gasteiger partial charge in [0, 0.05) is 32.4 Å². The zero-order valence-electron chi connectivity index (χ0n) is 28.2. The zero-order valence-corrected chi connectivity index (χ0v) is 30.8. The molecule has 1 saturated carbocycles. The van der Waals surface area contributed by atoms with Crippen molar-refractivity contribution in [3.8, 4) is 0 Å². The summed E-state index contributed by atoms with van der Waals surface area (Å²) in [4.78, 5) is 19.8. The molecule has 3 aliphatic rings. The van der Waals surface area contributed by atoms with Gasteiger partial charge in [-0.1, -0.05) is 43.5 Å². The topological polar surface area (TPSA) is 104 Å². The van der Waals surface area contributed by atoms with Gasteiger partial charge >= 0.3 is 13.2 Å². The Morgan fingerprint density at radius 3 is 2.27 bits per heavy atom. The number of benzene rings is 1. The fraction of sp³-hybridized carbons (Fsp3) is 0.733. The first kappa shape index (κ1) is 35.4. The van der Waals surface area contributed by atoms with Gasteiger partial charge in [-0.05, 0) is 79.4 Å². The van der Waals surface area contributed by atoms with Crippen molar-refractivity contribution in [1.82, 2.24) is 4.90 Å². The van der Waals surface area contributed by atoms with Gasteiger partial charge in [-0.15, -0.1) is 0 Å². The first-order valence-electron chi connectivity index (χ1n) is 15.0.